The van der Waals surface area contributed by atoms with Gasteiger partial charge in [-0.1, -0.05) is 36.4 Å². The molecule has 3 aromatic rings. The zero-order valence-electron chi connectivity index (χ0n) is 12.0. The molecule has 1 aromatic heterocycles. The molecule has 0 spiro atoms. The lowest BCUT2D eigenvalue weighted by Gasteiger charge is -2.30. The largest absolute Gasteiger partial charge is 0.483 e. The van der Waals surface area contributed by atoms with Crippen LogP contribution >= 0.6 is 11.3 Å². The van der Waals surface area contributed by atoms with Crippen LogP contribution in [-0.2, 0) is 6.54 Å². The summed E-state index contributed by atoms with van der Waals surface area (Å²) in [5, 5.41) is 4.58. The smallest absolute Gasteiger partial charge is 0.146 e. The molecule has 0 radical (unpaired) electrons. The van der Waals surface area contributed by atoms with Gasteiger partial charge in [0.15, 0.2) is 0 Å². The molecular weight excluding hydrogens is 278 g/mol. The molecule has 0 fully saturated rings. The van der Waals surface area contributed by atoms with Gasteiger partial charge in [-0.15, -0.1) is 11.3 Å². The van der Waals surface area contributed by atoms with Crippen LogP contribution in [0, 0.1) is 0 Å². The number of nitrogens with zero attached hydrogens (tertiary/aromatic N) is 1. The van der Waals surface area contributed by atoms with E-state index in [0.717, 1.165) is 18.8 Å². The summed E-state index contributed by atoms with van der Waals surface area (Å²) in [6.45, 7) is 1.96. The molecule has 1 aliphatic rings. The molecule has 0 aliphatic carbocycles. The van der Waals surface area contributed by atoms with Crippen molar-refractivity contribution in [3.8, 4) is 5.75 Å². The Hall–Kier alpha value is -1.84. The van der Waals surface area contributed by atoms with Gasteiger partial charge in [-0.3, -0.25) is 4.90 Å². The number of thiophene rings is 1. The predicted molar refractivity (Wildman–Crippen MR) is 88.0 cm³/mol. The highest BCUT2D eigenvalue weighted by Gasteiger charge is 2.26. The van der Waals surface area contributed by atoms with Gasteiger partial charge in [0.1, 0.15) is 11.9 Å². The van der Waals surface area contributed by atoms with Crippen LogP contribution in [0.5, 0.6) is 5.75 Å². The third-order valence-corrected chi connectivity index (χ3v) is 5.06. The maximum absolute atomic E-state index is 6.39. The van der Waals surface area contributed by atoms with E-state index in [4.69, 9.17) is 4.74 Å². The maximum Gasteiger partial charge on any atom is 0.146 e. The minimum Gasteiger partial charge on any atom is -0.483 e. The molecule has 2 aromatic carbocycles. The van der Waals surface area contributed by atoms with Gasteiger partial charge in [0.05, 0.1) is 4.88 Å². The van der Waals surface area contributed by atoms with Crippen molar-refractivity contribution in [2.75, 3.05) is 13.6 Å². The van der Waals surface area contributed by atoms with Gasteiger partial charge in [-0.05, 0) is 35.5 Å². The molecule has 0 amide bonds. The van der Waals surface area contributed by atoms with Crippen molar-refractivity contribution in [1.82, 2.24) is 4.90 Å². The number of rotatable bonds is 2. The highest BCUT2D eigenvalue weighted by Crippen LogP contribution is 2.36. The van der Waals surface area contributed by atoms with Crippen LogP contribution in [0.4, 0.5) is 0 Å². The van der Waals surface area contributed by atoms with Crippen molar-refractivity contribution >= 4 is 22.1 Å². The quantitative estimate of drug-likeness (QED) is 0.692. The fourth-order valence-electron chi connectivity index (χ4n) is 3.02. The first-order chi connectivity index (χ1) is 10.3. The van der Waals surface area contributed by atoms with E-state index < -0.39 is 0 Å². The second-order valence-electron chi connectivity index (χ2n) is 5.59. The minimum absolute atomic E-state index is 0.129. The molecular formula is C18H17NOS. The SMILES string of the molecule is CN1Cc2ccsc2C(Oc2cccc3ccccc23)C1. The summed E-state index contributed by atoms with van der Waals surface area (Å²) in [4.78, 5) is 3.70. The lowest BCUT2D eigenvalue weighted by atomic mass is 10.1. The summed E-state index contributed by atoms with van der Waals surface area (Å²) < 4.78 is 6.39. The van der Waals surface area contributed by atoms with Crippen molar-refractivity contribution in [2.24, 2.45) is 0 Å². The topological polar surface area (TPSA) is 12.5 Å². The van der Waals surface area contributed by atoms with E-state index in [1.54, 1.807) is 0 Å². The first-order valence-corrected chi connectivity index (χ1v) is 8.08. The number of hydrogen-bond acceptors (Lipinski definition) is 3. The van der Waals surface area contributed by atoms with Gasteiger partial charge in [-0.25, -0.2) is 0 Å². The highest BCUT2D eigenvalue weighted by molar-refractivity contribution is 7.10. The van der Waals surface area contributed by atoms with Gasteiger partial charge in [0.2, 0.25) is 0 Å². The first-order valence-electron chi connectivity index (χ1n) is 7.20. The Balaban J connectivity index is 1.73. The van der Waals surface area contributed by atoms with Crippen LogP contribution in [0.1, 0.15) is 16.5 Å². The van der Waals surface area contributed by atoms with Crippen LogP contribution in [0.15, 0.2) is 53.9 Å². The summed E-state index contributed by atoms with van der Waals surface area (Å²) >= 11 is 1.81. The van der Waals surface area contributed by atoms with E-state index in [-0.39, 0.29) is 6.10 Å². The van der Waals surface area contributed by atoms with E-state index in [9.17, 15) is 0 Å². The molecule has 1 atom stereocenters. The zero-order chi connectivity index (χ0) is 14.2. The molecule has 21 heavy (non-hydrogen) atoms. The second-order valence-corrected chi connectivity index (χ2v) is 6.54. The standard InChI is InChI=1S/C18H17NOS/c1-19-11-14-9-10-21-18(14)17(12-19)20-16-8-4-6-13-5-2-3-7-15(13)16/h2-10,17H,11-12H2,1H3. The molecule has 0 saturated heterocycles. The molecule has 106 valence electrons. The number of ether oxygens (including phenoxy) is 1. The Morgan fingerprint density at radius 3 is 2.90 bits per heavy atom. The molecule has 0 bridgehead atoms. The van der Waals surface area contributed by atoms with E-state index in [2.05, 4.69) is 65.9 Å². The third-order valence-electron chi connectivity index (χ3n) is 4.01. The molecule has 2 heterocycles. The normalized spacial score (nSPS) is 18.6. The van der Waals surface area contributed by atoms with Crippen molar-refractivity contribution in [2.45, 2.75) is 12.6 Å². The summed E-state index contributed by atoms with van der Waals surface area (Å²) in [5.74, 6) is 0.979. The highest BCUT2D eigenvalue weighted by atomic mass is 32.1. The Kier molecular flexibility index (Phi) is 3.17. The maximum atomic E-state index is 6.39. The predicted octanol–water partition coefficient (Wildman–Crippen LogP) is 4.47. The monoisotopic (exact) mass is 295 g/mol. The first kappa shape index (κ1) is 12.9. The average molecular weight is 295 g/mol. The lowest BCUT2D eigenvalue weighted by Crippen LogP contribution is -2.31. The summed E-state index contributed by atoms with van der Waals surface area (Å²) in [6, 6.07) is 16.9. The molecule has 1 aliphatic heterocycles. The van der Waals surface area contributed by atoms with Crippen LogP contribution in [0.3, 0.4) is 0 Å². The average Bonchev–Trinajstić information content (AvgIpc) is 2.96. The summed E-state index contributed by atoms with van der Waals surface area (Å²) in [7, 11) is 2.15. The minimum atomic E-state index is 0.129. The molecule has 1 unspecified atom stereocenters. The Morgan fingerprint density at radius 1 is 1.10 bits per heavy atom. The fraction of sp³-hybridized carbons (Fsp3) is 0.222. The third kappa shape index (κ3) is 2.33. The van der Waals surface area contributed by atoms with Crippen molar-refractivity contribution in [3.05, 3.63) is 64.4 Å². The zero-order valence-corrected chi connectivity index (χ0v) is 12.8. The van der Waals surface area contributed by atoms with Crippen LogP contribution in [0.2, 0.25) is 0 Å². The summed E-state index contributed by atoms with van der Waals surface area (Å²) in [5.41, 5.74) is 1.40. The second kappa shape index (κ2) is 5.17. The number of fused-ring (bicyclic) bond motifs is 2. The van der Waals surface area contributed by atoms with Gasteiger partial charge in [0, 0.05) is 18.5 Å². The van der Waals surface area contributed by atoms with Gasteiger partial charge < -0.3 is 4.74 Å². The molecule has 4 rings (SSSR count). The van der Waals surface area contributed by atoms with Gasteiger partial charge >= 0.3 is 0 Å². The van der Waals surface area contributed by atoms with E-state index >= 15 is 0 Å². The Bertz CT molecular complexity index is 774. The Morgan fingerprint density at radius 2 is 1.95 bits per heavy atom. The van der Waals surface area contributed by atoms with Crippen molar-refractivity contribution in [1.29, 1.82) is 0 Å². The summed E-state index contributed by atoms with van der Waals surface area (Å²) in [6.07, 6.45) is 0.129. The van der Waals surface area contributed by atoms with E-state index in [0.29, 0.717) is 0 Å². The van der Waals surface area contributed by atoms with Gasteiger partial charge in [-0.2, -0.15) is 0 Å². The van der Waals surface area contributed by atoms with Crippen molar-refractivity contribution < 1.29 is 4.74 Å². The fourth-order valence-corrected chi connectivity index (χ4v) is 3.96. The van der Waals surface area contributed by atoms with Gasteiger partial charge in [0.25, 0.3) is 0 Å². The number of hydrogen-bond donors (Lipinski definition) is 0. The molecule has 0 saturated carbocycles. The van der Waals surface area contributed by atoms with E-state index in [1.165, 1.54) is 21.2 Å². The molecule has 3 heteroatoms. The van der Waals surface area contributed by atoms with Crippen molar-refractivity contribution in [3.63, 3.8) is 0 Å². The van der Waals surface area contributed by atoms with Crippen LogP contribution < -0.4 is 4.74 Å². The molecule has 2 nitrogen and oxygen atoms in total. The number of likely N-dealkylation sites (N-methyl/N-ethyl adjacent to an activating group) is 1. The molecule has 0 N–H and O–H groups in total. The van der Waals surface area contributed by atoms with Crippen LogP contribution in [-0.4, -0.2) is 18.5 Å². The number of benzene rings is 2. The lowest BCUT2D eigenvalue weighted by molar-refractivity contribution is 0.134. The van der Waals surface area contributed by atoms with Crippen LogP contribution in [0.25, 0.3) is 10.8 Å². The van der Waals surface area contributed by atoms with E-state index in [1.807, 2.05) is 11.3 Å². The Labute approximate surface area is 128 Å².